The van der Waals surface area contributed by atoms with Crippen molar-refractivity contribution in [1.29, 1.82) is 0 Å². The average molecular weight is 534 g/mol. The van der Waals surface area contributed by atoms with Gasteiger partial charge in [-0.05, 0) is 78.6 Å². The molecular formula is C38H31NS. The van der Waals surface area contributed by atoms with Gasteiger partial charge in [-0.3, -0.25) is 0 Å². The van der Waals surface area contributed by atoms with Crippen LogP contribution in [0, 0.1) is 0 Å². The third-order valence-corrected chi connectivity index (χ3v) is 8.55. The molecule has 0 aliphatic carbocycles. The molecule has 0 fully saturated rings. The number of thiophene rings is 1. The monoisotopic (exact) mass is 533 g/mol. The highest BCUT2D eigenvalue weighted by atomic mass is 32.1. The number of rotatable bonds is 7. The van der Waals surface area contributed by atoms with Crippen molar-refractivity contribution < 1.29 is 0 Å². The van der Waals surface area contributed by atoms with Crippen LogP contribution in [0.3, 0.4) is 0 Å². The Bertz CT molecular complexity index is 2050. The summed E-state index contributed by atoms with van der Waals surface area (Å²) >= 11 is 1.85. The van der Waals surface area contributed by atoms with E-state index in [1.165, 1.54) is 47.7 Å². The molecule has 0 bridgehead atoms. The van der Waals surface area contributed by atoms with Crippen LogP contribution < -0.4 is 0 Å². The van der Waals surface area contributed by atoms with E-state index < -0.39 is 0 Å². The normalized spacial score (nSPS) is 13.1. The summed E-state index contributed by atoms with van der Waals surface area (Å²) in [6.07, 6.45) is 14.2. The minimum Gasteiger partial charge on any atom is -0.309 e. The van der Waals surface area contributed by atoms with Gasteiger partial charge < -0.3 is 4.57 Å². The second-order valence-electron chi connectivity index (χ2n) is 9.96. The van der Waals surface area contributed by atoms with Gasteiger partial charge in [0.05, 0.1) is 11.0 Å². The molecular weight excluding hydrogens is 502 g/mol. The molecule has 6 aromatic rings. The zero-order chi connectivity index (χ0) is 27.6. The van der Waals surface area contributed by atoms with Crippen molar-refractivity contribution >= 4 is 58.9 Å². The Kier molecular flexibility index (Phi) is 6.94. The molecule has 0 amide bonds. The minimum atomic E-state index is 0.988. The first-order valence-corrected chi connectivity index (χ1v) is 14.4. The van der Waals surface area contributed by atoms with Gasteiger partial charge in [-0.25, -0.2) is 0 Å². The van der Waals surface area contributed by atoms with Crippen molar-refractivity contribution in [3.63, 3.8) is 0 Å². The largest absolute Gasteiger partial charge is 0.309 e. The number of nitrogens with zero attached hydrogens (tertiary/aromatic N) is 1. The van der Waals surface area contributed by atoms with Gasteiger partial charge >= 0.3 is 0 Å². The van der Waals surface area contributed by atoms with Crippen LogP contribution in [0.4, 0.5) is 0 Å². The lowest BCUT2D eigenvalue weighted by Crippen LogP contribution is -1.93. The van der Waals surface area contributed by atoms with Gasteiger partial charge in [0.1, 0.15) is 0 Å². The van der Waals surface area contributed by atoms with Crippen LogP contribution in [0.2, 0.25) is 0 Å². The van der Waals surface area contributed by atoms with E-state index in [-0.39, 0.29) is 0 Å². The molecule has 0 radical (unpaired) electrons. The Labute approximate surface area is 239 Å². The van der Waals surface area contributed by atoms with E-state index in [9.17, 15) is 0 Å². The zero-order valence-electron chi connectivity index (χ0n) is 22.9. The van der Waals surface area contributed by atoms with Gasteiger partial charge in [-0.1, -0.05) is 98.2 Å². The molecule has 40 heavy (non-hydrogen) atoms. The van der Waals surface area contributed by atoms with Crippen molar-refractivity contribution in [2.75, 3.05) is 0 Å². The summed E-state index contributed by atoms with van der Waals surface area (Å²) < 4.78 is 5.04. The van der Waals surface area contributed by atoms with Gasteiger partial charge in [-0.2, -0.15) is 0 Å². The molecule has 0 aliphatic rings. The quantitative estimate of drug-likeness (QED) is 0.180. The Hall–Kier alpha value is -4.66. The Morgan fingerprint density at radius 2 is 1.52 bits per heavy atom. The van der Waals surface area contributed by atoms with Crippen LogP contribution in [0.15, 0.2) is 152 Å². The molecule has 2 aromatic heterocycles. The van der Waals surface area contributed by atoms with Crippen molar-refractivity contribution in [3.8, 4) is 5.69 Å². The second kappa shape index (κ2) is 10.8. The highest BCUT2D eigenvalue weighted by Crippen LogP contribution is 2.38. The number of para-hydroxylation sites is 1. The lowest BCUT2D eigenvalue weighted by Gasteiger charge is -2.10. The molecule has 0 atom stereocenters. The first kappa shape index (κ1) is 25.6. The van der Waals surface area contributed by atoms with Crippen molar-refractivity contribution in [2.24, 2.45) is 0 Å². The number of hydrogen-bond acceptors (Lipinski definition) is 1. The topological polar surface area (TPSA) is 4.93 Å². The van der Waals surface area contributed by atoms with Crippen LogP contribution in [0.25, 0.3) is 53.2 Å². The summed E-state index contributed by atoms with van der Waals surface area (Å²) in [5, 5.41) is 5.10. The van der Waals surface area contributed by atoms with Gasteiger partial charge in [0.15, 0.2) is 0 Å². The first-order valence-electron chi connectivity index (χ1n) is 13.5. The van der Waals surface area contributed by atoms with E-state index in [1.54, 1.807) is 0 Å². The summed E-state index contributed by atoms with van der Waals surface area (Å²) in [6.45, 7) is 12.4. The molecule has 0 aliphatic heterocycles. The molecule has 2 heterocycles. The van der Waals surface area contributed by atoms with Gasteiger partial charge in [0.25, 0.3) is 0 Å². The molecule has 6 rings (SSSR count). The molecule has 0 saturated carbocycles. The summed E-state index contributed by atoms with van der Waals surface area (Å²) in [4.78, 5) is 0. The second-order valence-corrected chi connectivity index (χ2v) is 11.0. The maximum atomic E-state index is 4.25. The molecule has 2 heteroatoms. The van der Waals surface area contributed by atoms with E-state index in [0.29, 0.717) is 0 Å². The highest BCUT2D eigenvalue weighted by molar-refractivity contribution is 7.25. The lowest BCUT2D eigenvalue weighted by molar-refractivity contribution is 1.19. The fourth-order valence-electron chi connectivity index (χ4n) is 5.38. The number of aromatic nitrogens is 1. The molecule has 0 unspecified atom stereocenters. The first-order chi connectivity index (χ1) is 19.6. The van der Waals surface area contributed by atoms with Crippen molar-refractivity contribution in [1.82, 2.24) is 4.57 Å². The number of fused-ring (bicyclic) bond motifs is 6. The number of hydrogen-bond donors (Lipinski definition) is 0. The number of benzene rings is 4. The third-order valence-electron chi connectivity index (χ3n) is 7.40. The molecule has 0 saturated heterocycles. The van der Waals surface area contributed by atoms with E-state index in [1.807, 2.05) is 48.6 Å². The smallest absolute Gasteiger partial charge is 0.0541 e. The number of allylic oxidation sites excluding steroid dienone is 10. The fraction of sp³-hybridized carbons (Fsp3) is 0.0526. The zero-order valence-corrected chi connectivity index (χ0v) is 23.7. The Balaban J connectivity index is 1.51. The maximum absolute atomic E-state index is 4.25. The van der Waals surface area contributed by atoms with Gasteiger partial charge in [0, 0.05) is 36.6 Å². The predicted octanol–water partition coefficient (Wildman–Crippen LogP) is 11.4. The van der Waals surface area contributed by atoms with Crippen LogP contribution in [0.1, 0.15) is 19.4 Å². The van der Waals surface area contributed by atoms with Crippen molar-refractivity contribution in [2.45, 2.75) is 13.8 Å². The van der Waals surface area contributed by atoms with E-state index in [0.717, 1.165) is 22.3 Å². The van der Waals surface area contributed by atoms with Crippen LogP contribution in [0.5, 0.6) is 0 Å². The Morgan fingerprint density at radius 3 is 2.35 bits per heavy atom. The molecule has 4 aromatic carbocycles. The summed E-state index contributed by atoms with van der Waals surface area (Å²) in [5.74, 6) is 0. The molecule has 1 nitrogen and oxygen atoms in total. The minimum absolute atomic E-state index is 0.988. The maximum Gasteiger partial charge on any atom is 0.0541 e. The van der Waals surface area contributed by atoms with Crippen molar-refractivity contribution in [3.05, 3.63) is 157 Å². The standard InChI is InChI=1S/C38H31NS/c1-5-7-8-14-26(3)27(4)23-28(13-6-2)29-19-21-36-33(24-29)31-15-9-11-17-35(31)39(36)30-20-22-38-34(25-30)32-16-10-12-18-37(32)40-38/h5-25H,2-3H2,1,4H3/b7-5-,14-8-,27-23+,28-13+. The van der Waals surface area contributed by atoms with E-state index in [4.69, 9.17) is 0 Å². The van der Waals surface area contributed by atoms with Crippen LogP contribution in [-0.2, 0) is 0 Å². The van der Waals surface area contributed by atoms with Gasteiger partial charge in [-0.15, -0.1) is 11.3 Å². The SMILES string of the molecule is C=C/C=C(\C=C(/C)C(=C)/C=C\C=C/C)c1ccc2c(c1)c1ccccc1n2-c1ccc2sc3ccccc3c2c1. The van der Waals surface area contributed by atoms with E-state index >= 15 is 0 Å². The third kappa shape index (κ3) is 4.57. The molecule has 0 spiro atoms. The summed E-state index contributed by atoms with van der Waals surface area (Å²) in [7, 11) is 0. The Morgan fingerprint density at radius 1 is 0.775 bits per heavy atom. The van der Waals surface area contributed by atoms with Crippen LogP contribution in [-0.4, -0.2) is 4.57 Å². The van der Waals surface area contributed by atoms with E-state index in [2.05, 4.69) is 122 Å². The molecule has 194 valence electrons. The predicted molar refractivity (Wildman–Crippen MR) is 179 cm³/mol. The summed E-state index contributed by atoms with van der Waals surface area (Å²) in [6, 6.07) is 31.0. The summed E-state index contributed by atoms with van der Waals surface area (Å²) in [5.41, 5.74) is 7.95. The van der Waals surface area contributed by atoms with Gasteiger partial charge in [0.2, 0.25) is 0 Å². The highest BCUT2D eigenvalue weighted by Gasteiger charge is 2.15. The average Bonchev–Trinajstić information content (AvgIpc) is 3.52. The fourth-order valence-corrected chi connectivity index (χ4v) is 6.47. The van der Waals surface area contributed by atoms with Crippen LogP contribution >= 0.6 is 11.3 Å². The lowest BCUT2D eigenvalue weighted by atomic mass is 9.98. The molecule has 0 N–H and O–H groups in total.